The zero-order valence-corrected chi connectivity index (χ0v) is 18.5. The average molecular weight is 461 g/mol. The Hall–Kier alpha value is -4.11. The lowest BCUT2D eigenvalue weighted by Gasteiger charge is -2.13. The molecule has 0 atom stereocenters. The number of nitrogens with one attached hydrogen (secondary N) is 1. The molecule has 3 aromatic carbocycles. The molecule has 0 aliphatic heterocycles. The zero-order chi connectivity index (χ0) is 23.2. The largest absolute Gasteiger partial charge is 0.508 e. The minimum Gasteiger partial charge on any atom is -0.508 e. The first-order chi connectivity index (χ1) is 16.0. The summed E-state index contributed by atoms with van der Waals surface area (Å²) in [5.41, 5.74) is 4.03. The number of thioether (sulfide) groups is 1. The summed E-state index contributed by atoms with van der Waals surface area (Å²) in [7, 11) is 1.57. The van der Waals surface area contributed by atoms with Gasteiger partial charge in [-0.2, -0.15) is 5.10 Å². The molecule has 0 saturated carbocycles. The highest BCUT2D eigenvalue weighted by molar-refractivity contribution is 7.99. The molecule has 1 aromatic heterocycles. The molecule has 0 unspecified atom stereocenters. The maximum Gasteiger partial charge on any atom is 0.266 e. The summed E-state index contributed by atoms with van der Waals surface area (Å²) >= 11 is 1.13. The van der Waals surface area contributed by atoms with E-state index in [9.17, 15) is 14.7 Å². The van der Waals surface area contributed by atoms with Gasteiger partial charge in [0.25, 0.3) is 11.5 Å². The highest BCUT2D eigenvalue weighted by Crippen LogP contribution is 2.22. The predicted octanol–water partition coefficient (Wildman–Crippen LogP) is 3.34. The molecule has 9 heteroatoms. The highest BCUT2D eigenvalue weighted by Gasteiger charge is 2.15. The summed E-state index contributed by atoms with van der Waals surface area (Å²) in [5.74, 6) is 0.414. The molecule has 1 heterocycles. The summed E-state index contributed by atoms with van der Waals surface area (Å²) in [5, 5.41) is 14.3. The summed E-state index contributed by atoms with van der Waals surface area (Å²) < 4.78 is 6.68. The van der Waals surface area contributed by atoms with Crippen LogP contribution in [0.3, 0.4) is 0 Å². The fraction of sp³-hybridized carbons (Fsp3) is 0.0833. The van der Waals surface area contributed by atoms with Crippen molar-refractivity contribution in [2.75, 3.05) is 12.9 Å². The number of hydrogen-bond donors (Lipinski definition) is 2. The van der Waals surface area contributed by atoms with Gasteiger partial charge in [0, 0.05) is 0 Å². The quantitative estimate of drug-likeness (QED) is 0.190. The number of benzene rings is 3. The molecule has 0 saturated heterocycles. The Morgan fingerprint density at radius 2 is 1.94 bits per heavy atom. The van der Waals surface area contributed by atoms with Crippen molar-refractivity contribution >= 4 is 34.8 Å². The van der Waals surface area contributed by atoms with Crippen molar-refractivity contribution in [2.24, 2.45) is 5.10 Å². The molecule has 0 spiro atoms. The monoisotopic (exact) mass is 460 g/mol. The predicted molar refractivity (Wildman–Crippen MR) is 128 cm³/mol. The van der Waals surface area contributed by atoms with E-state index in [1.807, 2.05) is 6.07 Å². The van der Waals surface area contributed by atoms with Gasteiger partial charge in [0.2, 0.25) is 0 Å². The molecule has 0 fully saturated rings. The van der Waals surface area contributed by atoms with Crippen LogP contribution >= 0.6 is 11.8 Å². The molecular weight excluding hydrogens is 440 g/mol. The molecule has 0 aliphatic rings. The number of hydrogen-bond acceptors (Lipinski definition) is 7. The second-order valence-corrected chi connectivity index (χ2v) is 7.87. The van der Waals surface area contributed by atoms with Gasteiger partial charge in [0.05, 0.1) is 35.7 Å². The van der Waals surface area contributed by atoms with Crippen LogP contribution < -0.4 is 15.7 Å². The molecule has 4 aromatic rings. The van der Waals surface area contributed by atoms with Gasteiger partial charge in [-0.1, -0.05) is 36.0 Å². The van der Waals surface area contributed by atoms with Crippen LogP contribution in [0.4, 0.5) is 0 Å². The van der Waals surface area contributed by atoms with E-state index in [-0.39, 0.29) is 23.0 Å². The third-order valence-electron chi connectivity index (χ3n) is 4.68. The Bertz CT molecular complexity index is 1380. The second-order valence-electron chi connectivity index (χ2n) is 6.93. The van der Waals surface area contributed by atoms with Crippen molar-refractivity contribution in [1.82, 2.24) is 15.0 Å². The third kappa shape index (κ3) is 5.21. The first-order valence-electron chi connectivity index (χ1n) is 9.95. The lowest BCUT2D eigenvalue weighted by Crippen LogP contribution is -2.24. The number of rotatable bonds is 7. The number of phenolic OH excluding ortho intramolecular Hbond substituents is 1. The second kappa shape index (κ2) is 10.0. The molecule has 166 valence electrons. The Morgan fingerprint density at radius 3 is 2.70 bits per heavy atom. The van der Waals surface area contributed by atoms with Crippen LogP contribution in [0.5, 0.6) is 11.5 Å². The van der Waals surface area contributed by atoms with E-state index >= 15 is 0 Å². The van der Waals surface area contributed by atoms with Gasteiger partial charge in [-0.15, -0.1) is 0 Å². The van der Waals surface area contributed by atoms with Gasteiger partial charge in [-0.25, -0.2) is 10.4 Å². The van der Waals surface area contributed by atoms with Crippen LogP contribution in [-0.2, 0) is 4.79 Å². The molecule has 8 nitrogen and oxygen atoms in total. The summed E-state index contributed by atoms with van der Waals surface area (Å²) in [6.07, 6.45) is 1.43. The molecule has 4 rings (SSSR count). The number of fused-ring (bicyclic) bond motifs is 1. The molecule has 33 heavy (non-hydrogen) atoms. The minimum atomic E-state index is -0.361. The summed E-state index contributed by atoms with van der Waals surface area (Å²) in [6.45, 7) is 0. The average Bonchev–Trinajstić information content (AvgIpc) is 2.83. The third-order valence-corrected chi connectivity index (χ3v) is 5.62. The van der Waals surface area contributed by atoms with E-state index < -0.39 is 0 Å². The fourth-order valence-corrected chi connectivity index (χ4v) is 3.92. The van der Waals surface area contributed by atoms with E-state index in [0.29, 0.717) is 33.1 Å². The Balaban J connectivity index is 1.57. The van der Waals surface area contributed by atoms with Crippen LogP contribution in [0.1, 0.15) is 5.56 Å². The number of aromatic hydroxyl groups is 1. The van der Waals surface area contributed by atoms with Gasteiger partial charge in [-0.05, 0) is 54.1 Å². The first kappa shape index (κ1) is 22.1. The SMILES string of the molecule is COc1ccc(-n2c(SCC(=O)NN=Cc3cccc(O)c3)nc3ccccc3c2=O)cc1. The van der Waals surface area contributed by atoms with Crippen molar-refractivity contribution in [3.05, 3.63) is 88.7 Å². The first-order valence-corrected chi connectivity index (χ1v) is 10.9. The van der Waals surface area contributed by atoms with Crippen molar-refractivity contribution in [1.29, 1.82) is 0 Å². The number of hydrazone groups is 1. The fourth-order valence-electron chi connectivity index (χ4n) is 3.11. The van der Waals surface area contributed by atoms with Crippen LogP contribution in [0.2, 0.25) is 0 Å². The van der Waals surface area contributed by atoms with E-state index in [0.717, 1.165) is 11.8 Å². The lowest BCUT2D eigenvalue weighted by atomic mass is 10.2. The van der Waals surface area contributed by atoms with Gasteiger partial charge in [0.15, 0.2) is 5.16 Å². The molecular formula is C24H20N4O4S. The number of amides is 1. The molecule has 2 N–H and O–H groups in total. The number of para-hydroxylation sites is 1. The van der Waals surface area contributed by atoms with E-state index in [1.165, 1.54) is 16.8 Å². The number of methoxy groups -OCH3 is 1. The summed E-state index contributed by atoms with van der Waals surface area (Å²) in [6, 6.07) is 20.6. The molecule has 0 radical (unpaired) electrons. The number of carbonyl (C=O) groups excluding carboxylic acids is 1. The van der Waals surface area contributed by atoms with Crippen LogP contribution in [-0.4, -0.2) is 39.6 Å². The highest BCUT2D eigenvalue weighted by atomic mass is 32.2. The number of carbonyl (C=O) groups is 1. The number of ether oxygens (including phenoxy) is 1. The van der Waals surface area contributed by atoms with E-state index in [4.69, 9.17) is 4.74 Å². The minimum absolute atomic E-state index is 0.00167. The smallest absolute Gasteiger partial charge is 0.266 e. The number of aromatic nitrogens is 2. The van der Waals surface area contributed by atoms with Crippen LogP contribution in [0.25, 0.3) is 16.6 Å². The molecule has 1 amide bonds. The van der Waals surface area contributed by atoms with Crippen LogP contribution in [0.15, 0.2) is 87.8 Å². The number of phenols is 1. The zero-order valence-electron chi connectivity index (χ0n) is 17.6. The van der Waals surface area contributed by atoms with Crippen LogP contribution in [0, 0.1) is 0 Å². The Labute approximate surface area is 193 Å². The molecule has 0 aliphatic carbocycles. The Morgan fingerprint density at radius 1 is 1.15 bits per heavy atom. The normalized spacial score (nSPS) is 11.1. The van der Waals surface area contributed by atoms with Gasteiger partial charge < -0.3 is 9.84 Å². The molecule has 0 bridgehead atoms. The van der Waals surface area contributed by atoms with Gasteiger partial charge in [0.1, 0.15) is 11.5 Å². The topological polar surface area (TPSA) is 106 Å². The van der Waals surface area contributed by atoms with Gasteiger partial charge >= 0.3 is 0 Å². The van der Waals surface area contributed by atoms with E-state index in [1.54, 1.807) is 67.8 Å². The lowest BCUT2D eigenvalue weighted by molar-refractivity contribution is -0.118. The maximum absolute atomic E-state index is 13.2. The van der Waals surface area contributed by atoms with Crippen molar-refractivity contribution in [3.8, 4) is 17.2 Å². The summed E-state index contributed by atoms with van der Waals surface area (Å²) in [4.78, 5) is 30.2. The van der Waals surface area contributed by atoms with E-state index in [2.05, 4.69) is 15.5 Å². The van der Waals surface area contributed by atoms with Crippen molar-refractivity contribution in [3.63, 3.8) is 0 Å². The maximum atomic E-state index is 13.2. The number of nitrogens with zero attached hydrogens (tertiary/aromatic N) is 3. The standard InChI is InChI=1S/C24H20N4O4S/c1-32-19-11-9-17(10-12-19)28-23(31)20-7-2-3-8-21(20)26-24(28)33-15-22(30)27-25-14-16-5-4-6-18(29)13-16/h2-14,29H,15H2,1H3,(H,27,30). The van der Waals surface area contributed by atoms with Gasteiger partial charge in [-0.3, -0.25) is 14.2 Å². The van der Waals surface area contributed by atoms with Crippen molar-refractivity contribution < 1.29 is 14.6 Å². The Kier molecular flexibility index (Phi) is 6.70. The van der Waals surface area contributed by atoms with Crippen molar-refractivity contribution in [2.45, 2.75) is 5.16 Å².